The van der Waals surface area contributed by atoms with Crippen LogP contribution < -0.4 is 10.6 Å². The lowest BCUT2D eigenvalue weighted by molar-refractivity contribution is 0.329. The van der Waals surface area contributed by atoms with Crippen molar-refractivity contribution in [2.24, 2.45) is 16.8 Å². The van der Waals surface area contributed by atoms with Crippen LogP contribution in [0.3, 0.4) is 0 Å². The lowest BCUT2D eigenvalue weighted by atomic mass is 9.87. The molecule has 1 rings (SSSR count). The number of aliphatic imine (C=N–C) groups is 1. The molecule has 4 heteroatoms. The molecule has 0 aromatic rings. The summed E-state index contributed by atoms with van der Waals surface area (Å²) in [5.74, 6) is 2.63. The maximum absolute atomic E-state index is 4.29. The molecule has 0 saturated heterocycles. The molecule has 1 saturated carbocycles. The standard InChI is InChI=1S/C14H29N3.HI/c1-11(2)9-10-16-14(15-4)17-13-7-5-12(3)6-8-13;/h11-13H,5-10H2,1-4H3,(H2,15,16,17);1H. The molecule has 2 N–H and O–H groups in total. The Hall–Kier alpha value is 0. The first-order chi connectivity index (χ1) is 8.11. The Bertz CT molecular complexity index is 233. The third-order valence-corrected chi connectivity index (χ3v) is 3.59. The van der Waals surface area contributed by atoms with Crippen LogP contribution in [0.25, 0.3) is 0 Å². The average Bonchev–Trinajstić information content (AvgIpc) is 2.30. The smallest absolute Gasteiger partial charge is 0.191 e. The summed E-state index contributed by atoms with van der Waals surface area (Å²) in [7, 11) is 1.86. The Labute approximate surface area is 130 Å². The summed E-state index contributed by atoms with van der Waals surface area (Å²) in [6.45, 7) is 7.87. The minimum Gasteiger partial charge on any atom is -0.356 e. The lowest BCUT2D eigenvalue weighted by Gasteiger charge is -2.28. The van der Waals surface area contributed by atoms with Crippen LogP contribution in [0, 0.1) is 11.8 Å². The summed E-state index contributed by atoms with van der Waals surface area (Å²) in [5.41, 5.74) is 0. The van der Waals surface area contributed by atoms with Crippen LogP contribution in [0.5, 0.6) is 0 Å². The van der Waals surface area contributed by atoms with Crippen LogP contribution in [0.2, 0.25) is 0 Å². The second-order valence-corrected chi connectivity index (χ2v) is 5.78. The van der Waals surface area contributed by atoms with E-state index in [0.717, 1.165) is 24.3 Å². The molecule has 18 heavy (non-hydrogen) atoms. The Morgan fingerprint density at radius 1 is 1.22 bits per heavy atom. The van der Waals surface area contributed by atoms with Crippen LogP contribution in [0.4, 0.5) is 0 Å². The summed E-state index contributed by atoms with van der Waals surface area (Å²) in [5, 5.41) is 6.94. The molecule has 1 aliphatic rings. The summed E-state index contributed by atoms with van der Waals surface area (Å²) in [4.78, 5) is 4.29. The van der Waals surface area contributed by atoms with Crippen molar-refractivity contribution in [1.82, 2.24) is 10.6 Å². The molecular weight excluding hydrogens is 337 g/mol. The molecule has 0 spiro atoms. The first-order valence-electron chi connectivity index (χ1n) is 7.09. The first kappa shape index (κ1) is 18.0. The number of guanidine groups is 1. The van der Waals surface area contributed by atoms with E-state index in [9.17, 15) is 0 Å². The molecule has 0 aliphatic heterocycles. The number of nitrogens with one attached hydrogen (secondary N) is 2. The molecule has 1 aliphatic carbocycles. The van der Waals surface area contributed by atoms with Gasteiger partial charge >= 0.3 is 0 Å². The van der Waals surface area contributed by atoms with Crippen molar-refractivity contribution in [2.45, 2.75) is 58.9 Å². The molecular formula is C14H30IN3. The predicted octanol–water partition coefficient (Wildman–Crippen LogP) is 3.39. The van der Waals surface area contributed by atoms with E-state index >= 15 is 0 Å². The van der Waals surface area contributed by atoms with Crippen molar-refractivity contribution in [3.05, 3.63) is 0 Å². The SMILES string of the molecule is CN=C(NCCC(C)C)NC1CCC(C)CC1.I. The van der Waals surface area contributed by atoms with E-state index in [1.165, 1.54) is 32.1 Å². The van der Waals surface area contributed by atoms with E-state index in [4.69, 9.17) is 0 Å². The molecule has 1 fully saturated rings. The largest absolute Gasteiger partial charge is 0.356 e. The predicted molar refractivity (Wildman–Crippen MR) is 90.8 cm³/mol. The van der Waals surface area contributed by atoms with Gasteiger partial charge in [0.05, 0.1) is 0 Å². The average molecular weight is 367 g/mol. The summed E-state index contributed by atoms with van der Waals surface area (Å²) < 4.78 is 0. The lowest BCUT2D eigenvalue weighted by Crippen LogP contribution is -2.45. The van der Waals surface area contributed by atoms with Gasteiger partial charge in [-0.25, -0.2) is 0 Å². The van der Waals surface area contributed by atoms with E-state index in [0.29, 0.717) is 6.04 Å². The highest BCUT2D eigenvalue weighted by Gasteiger charge is 2.18. The fourth-order valence-corrected chi connectivity index (χ4v) is 2.27. The second-order valence-electron chi connectivity index (χ2n) is 5.78. The molecule has 0 amide bonds. The van der Waals surface area contributed by atoms with Gasteiger partial charge in [0, 0.05) is 19.6 Å². The zero-order valence-electron chi connectivity index (χ0n) is 12.3. The van der Waals surface area contributed by atoms with Crippen LogP contribution >= 0.6 is 24.0 Å². The van der Waals surface area contributed by atoms with Gasteiger partial charge in [0.2, 0.25) is 0 Å². The van der Waals surface area contributed by atoms with Crippen LogP contribution in [-0.4, -0.2) is 25.6 Å². The minimum absolute atomic E-state index is 0. The quantitative estimate of drug-likeness (QED) is 0.454. The van der Waals surface area contributed by atoms with Crippen LogP contribution in [-0.2, 0) is 0 Å². The summed E-state index contributed by atoms with van der Waals surface area (Å²) >= 11 is 0. The van der Waals surface area contributed by atoms with Crippen molar-refractivity contribution >= 4 is 29.9 Å². The Kier molecular flexibility index (Phi) is 9.87. The molecule has 108 valence electrons. The molecule has 0 heterocycles. The van der Waals surface area contributed by atoms with Gasteiger partial charge in [-0.3, -0.25) is 4.99 Å². The van der Waals surface area contributed by atoms with Gasteiger partial charge in [-0.15, -0.1) is 24.0 Å². The number of rotatable bonds is 4. The van der Waals surface area contributed by atoms with E-state index < -0.39 is 0 Å². The highest BCUT2D eigenvalue weighted by molar-refractivity contribution is 14.0. The maximum atomic E-state index is 4.29. The number of halogens is 1. The fraction of sp³-hybridized carbons (Fsp3) is 0.929. The van der Waals surface area contributed by atoms with Crippen molar-refractivity contribution in [1.29, 1.82) is 0 Å². The molecule has 0 radical (unpaired) electrons. The summed E-state index contributed by atoms with van der Waals surface area (Å²) in [6, 6.07) is 0.622. The molecule has 0 aromatic heterocycles. The molecule has 0 atom stereocenters. The van der Waals surface area contributed by atoms with Crippen molar-refractivity contribution in [2.75, 3.05) is 13.6 Å². The zero-order chi connectivity index (χ0) is 12.7. The van der Waals surface area contributed by atoms with Crippen LogP contribution in [0.1, 0.15) is 52.9 Å². The Morgan fingerprint density at radius 3 is 2.33 bits per heavy atom. The molecule has 3 nitrogen and oxygen atoms in total. The normalized spacial score (nSPS) is 24.6. The minimum atomic E-state index is 0. The van der Waals surface area contributed by atoms with E-state index in [-0.39, 0.29) is 24.0 Å². The van der Waals surface area contributed by atoms with Gasteiger partial charge in [-0.2, -0.15) is 0 Å². The first-order valence-corrected chi connectivity index (χ1v) is 7.09. The van der Waals surface area contributed by atoms with E-state index in [1.54, 1.807) is 0 Å². The monoisotopic (exact) mass is 367 g/mol. The molecule has 0 bridgehead atoms. The zero-order valence-corrected chi connectivity index (χ0v) is 14.7. The van der Waals surface area contributed by atoms with Gasteiger partial charge in [0.1, 0.15) is 0 Å². The molecule has 0 unspecified atom stereocenters. The molecule has 0 aromatic carbocycles. The maximum Gasteiger partial charge on any atom is 0.191 e. The highest BCUT2D eigenvalue weighted by atomic mass is 127. The highest BCUT2D eigenvalue weighted by Crippen LogP contribution is 2.23. The van der Waals surface area contributed by atoms with Crippen LogP contribution in [0.15, 0.2) is 4.99 Å². The van der Waals surface area contributed by atoms with Crippen molar-refractivity contribution < 1.29 is 0 Å². The van der Waals surface area contributed by atoms with E-state index in [2.05, 4.69) is 36.4 Å². The van der Waals surface area contributed by atoms with Gasteiger partial charge in [-0.1, -0.05) is 20.8 Å². The second kappa shape index (κ2) is 9.87. The topological polar surface area (TPSA) is 36.4 Å². The third-order valence-electron chi connectivity index (χ3n) is 3.59. The van der Waals surface area contributed by atoms with Gasteiger partial charge in [0.15, 0.2) is 5.96 Å². The van der Waals surface area contributed by atoms with Gasteiger partial charge in [-0.05, 0) is 43.9 Å². The summed E-state index contributed by atoms with van der Waals surface area (Å²) in [6.07, 6.45) is 6.46. The number of nitrogens with zero attached hydrogens (tertiary/aromatic N) is 1. The van der Waals surface area contributed by atoms with E-state index in [1.807, 2.05) is 7.05 Å². The number of hydrogen-bond acceptors (Lipinski definition) is 1. The van der Waals surface area contributed by atoms with Crippen molar-refractivity contribution in [3.8, 4) is 0 Å². The Balaban J connectivity index is 0.00000289. The van der Waals surface area contributed by atoms with Gasteiger partial charge < -0.3 is 10.6 Å². The van der Waals surface area contributed by atoms with Gasteiger partial charge in [0.25, 0.3) is 0 Å². The Morgan fingerprint density at radius 2 is 1.83 bits per heavy atom. The number of hydrogen-bond donors (Lipinski definition) is 2. The third kappa shape index (κ3) is 7.44. The van der Waals surface area contributed by atoms with Crippen molar-refractivity contribution in [3.63, 3.8) is 0 Å². The fourth-order valence-electron chi connectivity index (χ4n) is 2.27.